The van der Waals surface area contributed by atoms with Crippen molar-refractivity contribution in [2.24, 2.45) is 0 Å². The van der Waals surface area contributed by atoms with Gasteiger partial charge in [-0.2, -0.15) is 10.6 Å². The van der Waals surface area contributed by atoms with Crippen molar-refractivity contribution in [3.05, 3.63) is 59.7 Å². The number of nitrogens with zero attached hydrogens (tertiary/aromatic N) is 1. The molecule has 0 spiro atoms. The number of likely N-dealkylation sites (N-methyl/N-ethyl adjacent to an activating group) is 1. The van der Waals surface area contributed by atoms with Crippen molar-refractivity contribution in [1.82, 2.24) is 10.2 Å². The summed E-state index contributed by atoms with van der Waals surface area (Å²) < 4.78 is 47.5. The van der Waals surface area contributed by atoms with E-state index < -0.39 is 31.6 Å². The van der Waals surface area contributed by atoms with E-state index in [1.165, 1.54) is 24.3 Å². The van der Waals surface area contributed by atoms with E-state index >= 15 is 0 Å². The average Bonchev–Trinajstić information content (AvgIpc) is 2.94. The van der Waals surface area contributed by atoms with Crippen LogP contribution in [0.1, 0.15) is 21.2 Å². The predicted molar refractivity (Wildman–Crippen MR) is 110 cm³/mol. The molecule has 1 atom stereocenters. The van der Waals surface area contributed by atoms with Gasteiger partial charge in [0.15, 0.2) is 9.84 Å². The second-order valence-corrected chi connectivity index (χ2v) is 11.2. The topological polar surface area (TPSA) is 107 Å². The molecule has 7 nitrogen and oxygen atoms in total. The molecular weight excluding hydrogens is 400 g/mol. The van der Waals surface area contributed by atoms with E-state index in [1.54, 1.807) is 24.3 Å². The van der Waals surface area contributed by atoms with Crippen molar-refractivity contribution < 1.29 is 22.3 Å². The quantitative estimate of drug-likeness (QED) is 0.658. The highest BCUT2D eigenvalue weighted by Crippen LogP contribution is 2.62. The van der Waals surface area contributed by atoms with Crippen LogP contribution >= 0.6 is 10.6 Å². The molecule has 1 aliphatic heterocycles. The highest BCUT2D eigenvalue weighted by Gasteiger charge is 2.45. The van der Waals surface area contributed by atoms with Crippen molar-refractivity contribution in [2.45, 2.75) is 15.0 Å². The molecule has 1 heterocycles. The first-order valence-electron chi connectivity index (χ1n) is 8.75. The number of hydrogen-bond donors (Lipinski definition) is 3. The lowest BCUT2D eigenvalue weighted by molar-refractivity contribution is 0.0950. The van der Waals surface area contributed by atoms with Gasteiger partial charge in [-0.15, -0.1) is 0 Å². The number of benzene rings is 2. The van der Waals surface area contributed by atoms with E-state index in [0.29, 0.717) is 13.1 Å². The van der Waals surface area contributed by atoms with Crippen molar-refractivity contribution in [3.8, 4) is 0 Å². The highest BCUT2D eigenvalue weighted by atomic mass is 32.3. The number of carbonyl (C=O) groups is 1. The zero-order valence-corrected chi connectivity index (χ0v) is 17.3. The first-order chi connectivity index (χ1) is 13.1. The fourth-order valence-corrected chi connectivity index (χ4v) is 7.71. The maximum absolute atomic E-state index is 13.2. The Morgan fingerprint density at radius 3 is 2.46 bits per heavy atom. The van der Waals surface area contributed by atoms with Crippen LogP contribution in [0.2, 0.25) is 0 Å². The minimum absolute atomic E-state index is 0.0888. The standard InChI is InChI=1S/C19H24N2O5S2/c1-21(2)12-11-20-19(22)15-9-6-10-16-18(15)17(13-27(16,23)24)28(25,26)14-7-4-3-5-8-14/h3-10,17,23-24H,11-13H2,1-2H3,(H,20,22). The third-order valence-corrected chi connectivity index (χ3v) is 8.81. The third kappa shape index (κ3) is 3.94. The molecule has 3 rings (SSSR count). The molecule has 28 heavy (non-hydrogen) atoms. The van der Waals surface area contributed by atoms with E-state index in [0.717, 1.165) is 0 Å². The molecule has 0 bridgehead atoms. The molecule has 2 aromatic carbocycles. The Hall–Kier alpha value is -1.91. The van der Waals surface area contributed by atoms with Gasteiger partial charge in [-0.3, -0.25) is 13.9 Å². The van der Waals surface area contributed by atoms with Gasteiger partial charge < -0.3 is 10.2 Å². The normalized spacial score (nSPS) is 19.2. The lowest BCUT2D eigenvalue weighted by Crippen LogP contribution is -2.32. The lowest BCUT2D eigenvalue weighted by atomic mass is 10.0. The summed E-state index contributed by atoms with van der Waals surface area (Å²) >= 11 is 0. The van der Waals surface area contributed by atoms with E-state index in [4.69, 9.17) is 0 Å². The van der Waals surface area contributed by atoms with Crippen LogP contribution < -0.4 is 5.32 Å². The summed E-state index contributed by atoms with van der Waals surface area (Å²) in [7, 11) is -3.45. The second kappa shape index (κ2) is 7.84. The molecule has 0 saturated carbocycles. The first kappa shape index (κ1) is 20.8. The summed E-state index contributed by atoms with van der Waals surface area (Å²) in [6.07, 6.45) is 0. The van der Waals surface area contributed by atoms with Gasteiger partial charge in [-0.1, -0.05) is 24.3 Å². The number of amides is 1. The van der Waals surface area contributed by atoms with Crippen LogP contribution in [-0.4, -0.2) is 61.3 Å². The highest BCUT2D eigenvalue weighted by molar-refractivity contribution is 8.25. The van der Waals surface area contributed by atoms with Gasteiger partial charge in [0.25, 0.3) is 5.91 Å². The Kier molecular flexibility index (Phi) is 5.83. The molecule has 152 valence electrons. The Morgan fingerprint density at radius 1 is 1.14 bits per heavy atom. The van der Waals surface area contributed by atoms with Gasteiger partial charge in [0.2, 0.25) is 0 Å². The fourth-order valence-electron chi connectivity index (χ4n) is 3.25. The maximum atomic E-state index is 13.2. The molecule has 1 unspecified atom stereocenters. The van der Waals surface area contributed by atoms with Crippen molar-refractivity contribution in [3.63, 3.8) is 0 Å². The lowest BCUT2D eigenvalue weighted by Gasteiger charge is -2.27. The molecule has 9 heteroatoms. The molecule has 0 radical (unpaired) electrons. The average molecular weight is 425 g/mol. The summed E-state index contributed by atoms with van der Waals surface area (Å²) in [5.41, 5.74) is 0.354. The predicted octanol–water partition coefficient (Wildman–Crippen LogP) is 2.62. The van der Waals surface area contributed by atoms with E-state index in [2.05, 4.69) is 5.32 Å². The summed E-state index contributed by atoms with van der Waals surface area (Å²) in [6.45, 7) is 1.02. The van der Waals surface area contributed by atoms with Crippen LogP contribution in [0.4, 0.5) is 0 Å². The summed E-state index contributed by atoms with van der Waals surface area (Å²) in [6, 6.07) is 12.4. The van der Waals surface area contributed by atoms with Crippen molar-refractivity contribution >= 4 is 26.3 Å². The first-order valence-corrected chi connectivity index (χ1v) is 12.0. The molecule has 1 aliphatic rings. The van der Waals surface area contributed by atoms with Crippen molar-refractivity contribution in [1.29, 1.82) is 0 Å². The van der Waals surface area contributed by atoms with Gasteiger partial charge >= 0.3 is 0 Å². The number of carbonyl (C=O) groups excluding carboxylic acids is 1. The third-order valence-electron chi connectivity index (χ3n) is 4.66. The number of rotatable bonds is 6. The Morgan fingerprint density at radius 2 is 1.82 bits per heavy atom. The van der Waals surface area contributed by atoms with Gasteiger partial charge in [0, 0.05) is 24.2 Å². The maximum Gasteiger partial charge on any atom is 0.251 e. The molecule has 0 saturated heterocycles. The van der Waals surface area contributed by atoms with Gasteiger partial charge in [0.1, 0.15) is 5.25 Å². The van der Waals surface area contributed by atoms with Crippen LogP contribution in [0.15, 0.2) is 58.3 Å². The van der Waals surface area contributed by atoms with E-state index in [9.17, 15) is 22.3 Å². The van der Waals surface area contributed by atoms with Gasteiger partial charge in [-0.25, -0.2) is 8.42 Å². The summed E-state index contributed by atoms with van der Waals surface area (Å²) in [4.78, 5) is 14.9. The fraction of sp³-hybridized carbons (Fsp3) is 0.316. The Bertz CT molecular complexity index is 975. The zero-order chi connectivity index (χ0) is 20.5. The Labute approximate surface area is 166 Å². The minimum Gasteiger partial charge on any atom is -0.351 e. The van der Waals surface area contributed by atoms with Crippen molar-refractivity contribution in [2.75, 3.05) is 32.9 Å². The number of hydrogen-bond acceptors (Lipinski definition) is 6. The number of sulfone groups is 1. The van der Waals surface area contributed by atoms with Gasteiger partial charge in [0.05, 0.1) is 15.5 Å². The molecule has 2 aromatic rings. The SMILES string of the molecule is CN(C)CCNC(=O)c1cccc2c1C(S(=O)(=O)c1ccccc1)CS2(O)O. The number of nitrogens with one attached hydrogen (secondary N) is 1. The van der Waals surface area contributed by atoms with E-state index in [-0.39, 0.29) is 26.7 Å². The summed E-state index contributed by atoms with van der Waals surface area (Å²) in [5, 5.41) is 1.58. The summed E-state index contributed by atoms with van der Waals surface area (Å²) in [5.74, 6) is -0.772. The van der Waals surface area contributed by atoms with Crippen LogP contribution in [0, 0.1) is 0 Å². The van der Waals surface area contributed by atoms with Crippen LogP contribution in [-0.2, 0) is 9.84 Å². The second-order valence-electron chi connectivity index (χ2n) is 6.96. The molecule has 0 fully saturated rings. The minimum atomic E-state index is -3.90. The van der Waals surface area contributed by atoms with Crippen LogP contribution in [0.5, 0.6) is 0 Å². The zero-order valence-electron chi connectivity index (χ0n) is 15.7. The smallest absolute Gasteiger partial charge is 0.251 e. The van der Waals surface area contributed by atoms with Crippen LogP contribution in [0.25, 0.3) is 0 Å². The monoisotopic (exact) mass is 424 g/mol. The molecular formula is C19H24N2O5S2. The molecule has 1 amide bonds. The van der Waals surface area contributed by atoms with Gasteiger partial charge in [-0.05, 0) is 38.4 Å². The van der Waals surface area contributed by atoms with E-state index in [1.807, 2.05) is 19.0 Å². The molecule has 3 N–H and O–H groups in total. The molecule has 0 aromatic heterocycles. The number of fused-ring (bicyclic) bond motifs is 1. The molecule has 0 aliphatic carbocycles. The Balaban J connectivity index is 2.04. The largest absolute Gasteiger partial charge is 0.351 e. The van der Waals surface area contributed by atoms with Crippen LogP contribution in [0.3, 0.4) is 0 Å².